The standard InChI is InChI=1S/C16H22N2O3/c1-10(2)15-17-13-9-12(16(20)21)6-7-14(13)18(15)11(3)5-4-8-19/h6-7,9-11,19H,4-5,8H2,1-3H3,(H,20,21). The maximum absolute atomic E-state index is 11.1. The molecule has 1 unspecified atom stereocenters. The fraction of sp³-hybridized carbons (Fsp3) is 0.500. The van der Waals surface area contributed by atoms with E-state index in [2.05, 4.69) is 30.3 Å². The van der Waals surface area contributed by atoms with Crippen molar-refractivity contribution in [2.45, 2.75) is 45.6 Å². The van der Waals surface area contributed by atoms with Crippen molar-refractivity contribution in [1.82, 2.24) is 9.55 Å². The molecule has 0 aliphatic rings. The quantitative estimate of drug-likeness (QED) is 0.856. The van der Waals surface area contributed by atoms with Crippen molar-refractivity contribution in [1.29, 1.82) is 0 Å². The highest BCUT2D eigenvalue weighted by Gasteiger charge is 2.18. The molecule has 0 amide bonds. The molecule has 1 aromatic heterocycles. The highest BCUT2D eigenvalue weighted by Crippen LogP contribution is 2.28. The molecule has 2 rings (SSSR count). The van der Waals surface area contributed by atoms with Crippen LogP contribution in [0.4, 0.5) is 0 Å². The van der Waals surface area contributed by atoms with Crippen LogP contribution in [0, 0.1) is 0 Å². The van der Waals surface area contributed by atoms with Gasteiger partial charge < -0.3 is 14.8 Å². The summed E-state index contributed by atoms with van der Waals surface area (Å²) in [5.74, 6) is 0.270. The van der Waals surface area contributed by atoms with Crippen molar-refractivity contribution >= 4 is 17.0 Å². The first-order valence-electron chi connectivity index (χ1n) is 7.31. The second-order valence-corrected chi connectivity index (χ2v) is 5.72. The number of imidazole rings is 1. The van der Waals surface area contributed by atoms with E-state index in [-0.39, 0.29) is 24.1 Å². The van der Waals surface area contributed by atoms with Gasteiger partial charge in [0.25, 0.3) is 0 Å². The molecule has 0 aliphatic heterocycles. The Morgan fingerprint density at radius 2 is 2.05 bits per heavy atom. The lowest BCUT2D eigenvalue weighted by Crippen LogP contribution is -2.11. The highest BCUT2D eigenvalue weighted by molar-refractivity contribution is 5.92. The number of rotatable bonds is 6. The number of hydrogen-bond donors (Lipinski definition) is 2. The Balaban J connectivity index is 2.55. The monoisotopic (exact) mass is 290 g/mol. The second-order valence-electron chi connectivity index (χ2n) is 5.72. The number of aliphatic hydroxyl groups excluding tert-OH is 1. The number of hydrogen-bond acceptors (Lipinski definition) is 3. The third kappa shape index (κ3) is 3.08. The second kappa shape index (κ2) is 6.26. The van der Waals surface area contributed by atoms with Crippen LogP contribution in [0.15, 0.2) is 18.2 Å². The number of carboxylic acid groups (broad SMARTS) is 1. The van der Waals surface area contributed by atoms with Gasteiger partial charge in [0, 0.05) is 18.6 Å². The van der Waals surface area contributed by atoms with E-state index < -0.39 is 5.97 Å². The lowest BCUT2D eigenvalue weighted by atomic mass is 10.1. The summed E-state index contributed by atoms with van der Waals surface area (Å²) in [4.78, 5) is 15.7. The number of benzene rings is 1. The topological polar surface area (TPSA) is 75.3 Å². The summed E-state index contributed by atoms with van der Waals surface area (Å²) in [7, 11) is 0. The molecule has 1 aromatic carbocycles. The van der Waals surface area contributed by atoms with Crippen molar-refractivity contribution in [2.24, 2.45) is 0 Å². The predicted molar refractivity (Wildman–Crippen MR) is 81.8 cm³/mol. The molecule has 0 saturated carbocycles. The van der Waals surface area contributed by atoms with Gasteiger partial charge in [0.2, 0.25) is 0 Å². The first-order chi connectivity index (χ1) is 9.95. The maximum Gasteiger partial charge on any atom is 0.335 e. The number of aromatic carboxylic acids is 1. The molecule has 5 heteroatoms. The summed E-state index contributed by atoms with van der Waals surface area (Å²) in [6.07, 6.45) is 1.61. The van der Waals surface area contributed by atoms with Gasteiger partial charge in [0.1, 0.15) is 5.82 Å². The minimum absolute atomic E-state index is 0.178. The Morgan fingerprint density at radius 1 is 1.33 bits per heavy atom. The van der Waals surface area contributed by atoms with Crippen LogP contribution >= 0.6 is 0 Å². The van der Waals surface area contributed by atoms with Gasteiger partial charge in [-0.3, -0.25) is 0 Å². The summed E-state index contributed by atoms with van der Waals surface area (Å²) in [5, 5.41) is 18.1. The van der Waals surface area contributed by atoms with Gasteiger partial charge >= 0.3 is 5.97 Å². The summed E-state index contributed by atoms with van der Waals surface area (Å²) >= 11 is 0. The molecule has 0 aliphatic carbocycles. The molecule has 0 bridgehead atoms. The van der Waals surface area contributed by atoms with Crippen molar-refractivity contribution in [2.75, 3.05) is 6.61 Å². The number of nitrogens with zero attached hydrogens (tertiary/aromatic N) is 2. The minimum Gasteiger partial charge on any atom is -0.478 e. The zero-order valence-electron chi connectivity index (χ0n) is 12.7. The fourth-order valence-corrected chi connectivity index (χ4v) is 2.64. The van der Waals surface area contributed by atoms with Crippen LogP contribution < -0.4 is 0 Å². The molecule has 0 saturated heterocycles. The van der Waals surface area contributed by atoms with Crippen molar-refractivity contribution in [3.8, 4) is 0 Å². The van der Waals surface area contributed by atoms with Crippen molar-refractivity contribution in [3.05, 3.63) is 29.6 Å². The van der Waals surface area contributed by atoms with Gasteiger partial charge in [0.05, 0.1) is 16.6 Å². The van der Waals surface area contributed by atoms with E-state index in [4.69, 9.17) is 10.2 Å². The summed E-state index contributed by atoms with van der Waals surface area (Å²) in [6, 6.07) is 5.28. The Labute approximate surface area is 124 Å². The average Bonchev–Trinajstić information content (AvgIpc) is 2.83. The van der Waals surface area contributed by atoms with Crippen LogP contribution in [0.3, 0.4) is 0 Å². The Morgan fingerprint density at radius 3 is 2.62 bits per heavy atom. The van der Waals surface area contributed by atoms with E-state index in [9.17, 15) is 4.79 Å². The molecule has 0 radical (unpaired) electrons. The predicted octanol–water partition coefficient (Wildman–Crippen LogP) is 3.19. The van der Waals surface area contributed by atoms with Gasteiger partial charge in [-0.1, -0.05) is 13.8 Å². The smallest absolute Gasteiger partial charge is 0.335 e. The number of fused-ring (bicyclic) bond motifs is 1. The zero-order valence-corrected chi connectivity index (χ0v) is 12.7. The van der Waals surface area contributed by atoms with Gasteiger partial charge in [-0.2, -0.15) is 0 Å². The molecule has 1 atom stereocenters. The average molecular weight is 290 g/mol. The molecule has 0 spiro atoms. The number of carbonyl (C=O) groups is 1. The van der Waals surface area contributed by atoms with E-state index in [1.54, 1.807) is 12.1 Å². The van der Waals surface area contributed by atoms with E-state index in [1.165, 1.54) is 0 Å². The lowest BCUT2D eigenvalue weighted by Gasteiger charge is -2.19. The number of aliphatic hydroxyl groups is 1. The van der Waals surface area contributed by atoms with E-state index in [0.717, 1.165) is 29.7 Å². The van der Waals surface area contributed by atoms with Gasteiger partial charge in [-0.15, -0.1) is 0 Å². The molecular weight excluding hydrogens is 268 g/mol. The van der Waals surface area contributed by atoms with Crippen molar-refractivity contribution < 1.29 is 15.0 Å². The van der Waals surface area contributed by atoms with Gasteiger partial charge in [-0.25, -0.2) is 9.78 Å². The lowest BCUT2D eigenvalue weighted by molar-refractivity contribution is 0.0697. The third-order valence-electron chi connectivity index (χ3n) is 3.70. The molecule has 2 aromatic rings. The van der Waals surface area contributed by atoms with Gasteiger partial charge in [-0.05, 0) is 38.0 Å². The van der Waals surface area contributed by atoms with E-state index >= 15 is 0 Å². The molecule has 5 nitrogen and oxygen atoms in total. The molecule has 0 fully saturated rings. The Kier molecular flexibility index (Phi) is 4.63. The zero-order chi connectivity index (χ0) is 15.6. The van der Waals surface area contributed by atoms with E-state index in [0.29, 0.717) is 0 Å². The molecular formula is C16H22N2O3. The van der Waals surface area contributed by atoms with Crippen LogP contribution in [-0.2, 0) is 0 Å². The summed E-state index contributed by atoms with van der Waals surface area (Å²) < 4.78 is 2.17. The number of aromatic nitrogens is 2. The third-order valence-corrected chi connectivity index (χ3v) is 3.70. The maximum atomic E-state index is 11.1. The normalized spacial score (nSPS) is 13.0. The highest BCUT2D eigenvalue weighted by atomic mass is 16.4. The fourth-order valence-electron chi connectivity index (χ4n) is 2.64. The molecule has 1 heterocycles. The summed E-state index contributed by atoms with van der Waals surface area (Å²) in [5.41, 5.74) is 1.93. The summed E-state index contributed by atoms with van der Waals surface area (Å²) in [6.45, 7) is 6.44. The first-order valence-corrected chi connectivity index (χ1v) is 7.31. The molecule has 114 valence electrons. The Hall–Kier alpha value is -1.88. The van der Waals surface area contributed by atoms with Crippen LogP contribution in [0.1, 0.15) is 61.8 Å². The van der Waals surface area contributed by atoms with Crippen LogP contribution in [0.25, 0.3) is 11.0 Å². The minimum atomic E-state index is -0.939. The van der Waals surface area contributed by atoms with Crippen LogP contribution in [0.5, 0.6) is 0 Å². The molecule has 21 heavy (non-hydrogen) atoms. The first kappa shape index (κ1) is 15.5. The van der Waals surface area contributed by atoms with Gasteiger partial charge in [0.15, 0.2) is 0 Å². The SMILES string of the molecule is CC(C)c1nc2cc(C(=O)O)ccc2n1C(C)CCCO. The number of carboxylic acids is 1. The Bertz CT molecular complexity index is 646. The van der Waals surface area contributed by atoms with Crippen LogP contribution in [-0.4, -0.2) is 32.3 Å². The van der Waals surface area contributed by atoms with Crippen molar-refractivity contribution in [3.63, 3.8) is 0 Å². The van der Waals surface area contributed by atoms with E-state index in [1.807, 2.05) is 6.07 Å². The molecule has 2 N–H and O–H groups in total. The largest absolute Gasteiger partial charge is 0.478 e. The van der Waals surface area contributed by atoms with Crippen LogP contribution in [0.2, 0.25) is 0 Å².